The van der Waals surface area contributed by atoms with Crippen molar-refractivity contribution in [2.75, 3.05) is 27.4 Å². The lowest BCUT2D eigenvalue weighted by Gasteiger charge is -2.16. The van der Waals surface area contributed by atoms with Gasteiger partial charge in [0.2, 0.25) is 5.56 Å². The Morgan fingerprint density at radius 2 is 1.48 bits per heavy atom. The molecule has 0 saturated carbocycles. The molecule has 214 valence electrons. The largest absolute Gasteiger partial charge is 0.497 e. The topological polar surface area (TPSA) is 118 Å². The molecule has 0 spiro atoms. The second kappa shape index (κ2) is 12.2. The van der Waals surface area contributed by atoms with E-state index in [1.54, 1.807) is 43.3 Å². The first-order valence-electron chi connectivity index (χ1n) is 13.0. The number of benzene rings is 2. The first kappa shape index (κ1) is 27.8. The van der Waals surface area contributed by atoms with Crippen LogP contribution in [0.5, 0.6) is 11.5 Å². The number of nitrogens with one attached hydrogen (secondary N) is 1. The van der Waals surface area contributed by atoms with E-state index in [0.717, 1.165) is 48.7 Å². The molecule has 2 aromatic carbocycles. The molecule has 1 aliphatic heterocycles. The highest BCUT2D eigenvalue weighted by Crippen LogP contribution is 2.32. The number of thiazole rings is 2. The lowest BCUT2D eigenvalue weighted by Crippen LogP contribution is -2.27. The third-order valence-electron chi connectivity index (χ3n) is 6.72. The summed E-state index contributed by atoms with van der Waals surface area (Å²) in [5.41, 5.74) is 2.97. The molecule has 6 aromatic rings. The predicted octanol–water partition coefficient (Wildman–Crippen LogP) is 5.17. The van der Waals surface area contributed by atoms with Crippen molar-refractivity contribution in [3.8, 4) is 32.6 Å². The molecule has 0 unspecified atom stereocenters. The first-order valence-corrected chi connectivity index (χ1v) is 14.8. The van der Waals surface area contributed by atoms with Crippen molar-refractivity contribution < 1.29 is 18.9 Å². The van der Waals surface area contributed by atoms with E-state index in [1.165, 1.54) is 22.7 Å². The summed E-state index contributed by atoms with van der Waals surface area (Å²) in [6, 6.07) is 14.5. The van der Waals surface area contributed by atoms with Gasteiger partial charge in [0.05, 0.1) is 45.0 Å². The minimum Gasteiger partial charge on any atom is -0.497 e. The Labute approximate surface area is 247 Å². The number of nitrogens with zero attached hydrogens (tertiary/aromatic N) is 3. The van der Waals surface area contributed by atoms with E-state index in [0.29, 0.717) is 25.5 Å². The Morgan fingerprint density at radius 1 is 0.857 bits per heavy atom. The Hall–Kier alpha value is -4.36. The number of hydrogen-bond acceptors (Lipinski definition) is 10. The average Bonchev–Trinajstić information content (AvgIpc) is 3.82. The maximum absolute atomic E-state index is 12.7. The fourth-order valence-electron chi connectivity index (χ4n) is 4.77. The summed E-state index contributed by atoms with van der Waals surface area (Å²) in [5, 5.41) is 7.37. The van der Waals surface area contributed by atoms with Gasteiger partial charge in [0.25, 0.3) is 5.56 Å². The quantitative estimate of drug-likeness (QED) is 0.278. The van der Waals surface area contributed by atoms with Crippen LogP contribution in [-0.4, -0.2) is 53.2 Å². The van der Waals surface area contributed by atoms with Crippen molar-refractivity contribution in [2.45, 2.75) is 12.8 Å². The van der Waals surface area contributed by atoms with Gasteiger partial charge in [0, 0.05) is 69.3 Å². The molecular weight excluding hydrogens is 576 g/mol. The number of pyridine rings is 2. The van der Waals surface area contributed by atoms with Gasteiger partial charge in [0.1, 0.15) is 21.5 Å². The standard InChI is InChI=1S/C17H16N2O4S.C13H10N2O2S/c1-21-11-2-3-12-13(17-18-4-7-24-17)9-15(20)19(14(12)8-11)10-16-22-5-6-23-16;1-17-8-2-3-9-10(13-14-4-5-18-13)7-12(16)15-11(9)6-8/h2-4,7-9,16H,5-6,10H2,1H3;2-7H,1H3,(H,15,16). The van der Waals surface area contributed by atoms with Crippen LogP contribution in [0.3, 0.4) is 0 Å². The van der Waals surface area contributed by atoms with Gasteiger partial charge >= 0.3 is 0 Å². The number of hydrogen-bond donors (Lipinski definition) is 1. The van der Waals surface area contributed by atoms with Crippen LogP contribution in [0.15, 0.2) is 81.3 Å². The molecular formula is C30H26N4O6S2. The van der Waals surface area contributed by atoms with E-state index < -0.39 is 6.29 Å². The molecule has 0 amide bonds. The SMILES string of the molecule is COc1ccc2c(-c3nccs3)cc(=O)[nH]c2c1.COc1ccc2c(-c3nccs3)cc(=O)n(CC3OCCO3)c2c1. The van der Waals surface area contributed by atoms with Gasteiger partial charge < -0.3 is 28.5 Å². The van der Waals surface area contributed by atoms with E-state index in [2.05, 4.69) is 15.0 Å². The van der Waals surface area contributed by atoms with E-state index >= 15 is 0 Å². The van der Waals surface area contributed by atoms with Crippen LogP contribution >= 0.6 is 22.7 Å². The molecule has 7 rings (SSSR count). The maximum atomic E-state index is 12.7. The van der Waals surface area contributed by atoms with Crippen LogP contribution in [0.2, 0.25) is 0 Å². The van der Waals surface area contributed by atoms with Gasteiger partial charge in [-0.1, -0.05) is 0 Å². The summed E-state index contributed by atoms with van der Waals surface area (Å²) in [7, 11) is 3.21. The number of rotatable bonds is 6. The molecule has 1 aliphatic rings. The zero-order valence-corrected chi connectivity index (χ0v) is 24.4. The van der Waals surface area contributed by atoms with Crippen LogP contribution < -0.4 is 20.6 Å². The summed E-state index contributed by atoms with van der Waals surface area (Å²) in [6.07, 6.45) is 3.07. The van der Waals surface area contributed by atoms with E-state index in [9.17, 15) is 9.59 Å². The molecule has 5 heterocycles. The number of methoxy groups -OCH3 is 2. The van der Waals surface area contributed by atoms with Crippen molar-refractivity contribution in [1.82, 2.24) is 19.5 Å². The minimum absolute atomic E-state index is 0.111. The highest BCUT2D eigenvalue weighted by Gasteiger charge is 2.20. The van der Waals surface area contributed by atoms with Crippen molar-refractivity contribution in [2.24, 2.45) is 0 Å². The van der Waals surface area contributed by atoms with Crippen molar-refractivity contribution >= 4 is 44.5 Å². The summed E-state index contributed by atoms with van der Waals surface area (Å²) in [4.78, 5) is 35.8. The van der Waals surface area contributed by atoms with Gasteiger partial charge in [-0.3, -0.25) is 9.59 Å². The van der Waals surface area contributed by atoms with Crippen LogP contribution in [-0.2, 0) is 16.0 Å². The number of aromatic amines is 1. The van der Waals surface area contributed by atoms with E-state index in [4.69, 9.17) is 18.9 Å². The molecule has 42 heavy (non-hydrogen) atoms. The number of H-pyrrole nitrogens is 1. The number of fused-ring (bicyclic) bond motifs is 2. The third kappa shape index (κ3) is 5.70. The molecule has 0 atom stereocenters. The fourth-order valence-corrected chi connectivity index (χ4v) is 6.11. The molecule has 1 fully saturated rings. The van der Waals surface area contributed by atoms with Crippen molar-refractivity contribution in [1.29, 1.82) is 0 Å². The van der Waals surface area contributed by atoms with Crippen LogP contribution in [0.25, 0.3) is 42.9 Å². The van der Waals surface area contributed by atoms with Gasteiger partial charge in [-0.2, -0.15) is 0 Å². The second-order valence-electron chi connectivity index (χ2n) is 9.19. The third-order valence-corrected chi connectivity index (χ3v) is 8.33. The van der Waals surface area contributed by atoms with E-state index in [-0.39, 0.29) is 11.1 Å². The smallest absolute Gasteiger partial charge is 0.251 e. The summed E-state index contributed by atoms with van der Waals surface area (Å²) < 4.78 is 23.1. The average molecular weight is 603 g/mol. The zero-order valence-electron chi connectivity index (χ0n) is 22.7. The van der Waals surface area contributed by atoms with Gasteiger partial charge in [-0.05, 0) is 24.3 Å². The highest BCUT2D eigenvalue weighted by atomic mass is 32.1. The predicted molar refractivity (Wildman–Crippen MR) is 164 cm³/mol. The minimum atomic E-state index is -0.400. The molecule has 1 saturated heterocycles. The first-order chi connectivity index (χ1) is 20.5. The van der Waals surface area contributed by atoms with Crippen LogP contribution in [0.4, 0.5) is 0 Å². The van der Waals surface area contributed by atoms with Crippen molar-refractivity contribution in [3.05, 3.63) is 92.4 Å². The normalized spacial score (nSPS) is 13.3. The van der Waals surface area contributed by atoms with Crippen LogP contribution in [0, 0.1) is 0 Å². The monoisotopic (exact) mass is 602 g/mol. The number of ether oxygens (including phenoxy) is 4. The Morgan fingerprint density at radius 3 is 2.10 bits per heavy atom. The zero-order chi connectivity index (χ0) is 29.1. The Kier molecular flexibility index (Phi) is 8.11. The summed E-state index contributed by atoms with van der Waals surface area (Å²) in [5.74, 6) is 1.41. The molecule has 0 aliphatic carbocycles. The molecule has 0 bridgehead atoms. The van der Waals surface area contributed by atoms with E-state index in [1.807, 2.05) is 47.2 Å². The Balaban J connectivity index is 0.000000157. The molecule has 1 N–H and O–H groups in total. The lowest BCUT2D eigenvalue weighted by molar-refractivity contribution is -0.0522. The van der Waals surface area contributed by atoms with Crippen molar-refractivity contribution in [3.63, 3.8) is 0 Å². The highest BCUT2D eigenvalue weighted by molar-refractivity contribution is 7.13. The molecule has 4 aromatic heterocycles. The van der Waals surface area contributed by atoms with Crippen LogP contribution in [0.1, 0.15) is 0 Å². The van der Waals surface area contributed by atoms with Gasteiger partial charge in [0.15, 0.2) is 6.29 Å². The number of aromatic nitrogens is 4. The Bertz CT molecular complexity index is 1950. The van der Waals surface area contributed by atoms with Gasteiger partial charge in [-0.15, -0.1) is 22.7 Å². The maximum Gasteiger partial charge on any atom is 0.251 e. The second-order valence-corrected chi connectivity index (χ2v) is 11.0. The molecule has 10 nitrogen and oxygen atoms in total. The summed E-state index contributed by atoms with van der Waals surface area (Å²) in [6.45, 7) is 1.45. The molecule has 0 radical (unpaired) electrons. The van der Waals surface area contributed by atoms with Gasteiger partial charge in [-0.25, -0.2) is 9.97 Å². The lowest BCUT2D eigenvalue weighted by atomic mass is 10.1. The fraction of sp³-hybridized carbons (Fsp3) is 0.200. The molecule has 12 heteroatoms. The summed E-state index contributed by atoms with van der Waals surface area (Å²) >= 11 is 3.02.